The highest BCUT2D eigenvalue weighted by molar-refractivity contribution is 7.14. The molecular formula is C7H6ClNO3S. The van der Waals surface area contributed by atoms with E-state index in [1.807, 2.05) is 0 Å². The van der Waals surface area contributed by atoms with E-state index in [1.54, 1.807) is 5.38 Å². The Balaban J connectivity index is 2.82. The molecule has 0 unspecified atom stereocenters. The van der Waals surface area contributed by atoms with E-state index in [0.717, 1.165) is 11.3 Å². The average Bonchev–Trinajstić information content (AvgIpc) is 2.52. The number of thiophene rings is 1. The van der Waals surface area contributed by atoms with Gasteiger partial charge in [0.1, 0.15) is 10.9 Å². The fourth-order valence-electron chi connectivity index (χ4n) is 0.735. The van der Waals surface area contributed by atoms with Crippen molar-refractivity contribution in [2.75, 3.05) is 11.2 Å². The predicted molar refractivity (Wildman–Crippen MR) is 50.6 cm³/mol. The number of carboxylic acid groups (broad SMARTS) is 1. The second-order valence-corrected chi connectivity index (χ2v) is 3.33. The van der Waals surface area contributed by atoms with E-state index >= 15 is 0 Å². The molecule has 0 aromatic carbocycles. The van der Waals surface area contributed by atoms with Crippen molar-refractivity contribution in [1.82, 2.24) is 0 Å². The summed E-state index contributed by atoms with van der Waals surface area (Å²) in [7, 11) is 0. The van der Waals surface area contributed by atoms with Gasteiger partial charge in [-0.05, 0) is 11.4 Å². The molecule has 13 heavy (non-hydrogen) atoms. The van der Waals surface area contributed by atoms with Gasteiger partial charge in [-0.2, -0.15) is 0 Å². The third-order valence-corrected chi connectivity index (χ3v) is 2.34. The van der Waals surface area contributed by atoms with Crippen molar-refractivity contribution < 1.29 is 14.7 Å². The molecule has 1 aromatic rings. The molecular weight excluding hydrogens is 214 g/mol. The second-order valence-electron chi connectivity index (χ2n) is 2.15. The Hall–Kier alpha value is -1.07. The van der Waals surface area contributed by atoms with Crippen molar-refractivity contribution in [3.63, 3.8) is 0 Å². The van der Waals surface area contributed by atoms with Gasteiger partial charge in [0.25, 0.3) is 0 Å². The number of anilines is 1. The average molecular weight is 220 g/mol. The standard InChI is InChI=1S/C7H6ClNO3S/c8-3-5(10)9-6-4(7(11)12)1-2-13-6/h1-2H,3H2,(H,9,10)(H,11,12). The van der Waals surface area contributed by atoms with Gasteiger partial charge in [0.05, 0.1) is 5.56 Å². The van der Waals surface area contributed by atoms with Crippen molar-refractivity contribution >= 4 is 39.8 Å². The van der Waals surface area contributed by atoms with Crippen LogP contribution in [0.15, 0.2) is 11.4 Å². The summed E-state index contributed by atoms with van der Waals surface area (Å²) in [6.07, 6.45) is 0. The summed E-state index contributed by atoms with van der Waals surface area (Å²) in [5.41, 5.74) is 0.0865. The minimum atomic E-state index is -1.06. The Bertz CT molecular complexity index is 336. The Labute approximate surface area is 83.1 Å². The fourth-order valence-corrected chi connectivity index (χ4v) is 1.60. The van der Waals surface area contributed by atoms with Crippen LogP contribution in [0.2, 0.25) is 0 Å². The van der Waals surface area contributed by atoms with Crippen molar-refractivity contribution in [3.8, 4) is 0 Å². The number of rotatable bonds is 3. The number of hydrogen-bond donors (Lipinski definition) is 2. The zero-order chi connectivity index (χ0) is 9.84. The number of aromatic carboxylic acids is 1. The Morgan fingerprint density at radius 3 is 2.85 bits per heavy atom. The van der Waals surface area contributed by atoms with Crippen LogP contribution in [0.5, 0.6) is 0 Å². The van der Waals surface area contributed by atoms with Crippen LogP contribution in [0.25, 0.3) is 0 Å². The monoisotopic (exact) mass is 219 g/mol. The van der Waals surface area contributed by atoms with Crippen LogP contribution in [0, 0.1) is 0 Å². The first-order valence-electron chi connectivity index (χ1n) is 3.31. The van der Waals surface area contributed by atoms with Crippen LogP contribution >= 0.6 is 22.9 Å². The van der Waals surface area contributed by atoms with E-state index in [9.17, 15) is 9.59 Å². The van der Waals surface area contributed by atoms with Gasteiger partial charge in [0.15, 0.2) is 0 Å². The molecule has 4 nitrogen and oxygen atoms in total. The zero-order valence-electron chi connectivity index (χ0n) is 6.41. The molecule has 0 fully saturated rings. The van der Waals surface area contributed by atoms with E-state index in [4.69, 9.17) is 16.7 Å². The van der Waals surface area contributed by atoms with Crippen LogP contribution < -0.4 is 5.32 Å². The van der Waals surface area contributed by atoms with Crippen LogP contribution in [-0.2, 0) is 4.79 Å². The highest BCUT2D eigenvalue weighted by Gasteiger charge is 2.12. The van der Waals surface area contributed by atoms with Gasteiger partial charge in [0, 0.05) is 0 Å². The van der Waals surface area contributed by atoms with E-state index < -0.39 is 11.9 Å². The van der Waals surface area contributed by atoms with E-state index in [0.29, 0.717) is 5.00 Å². The van der Waals surface area contributed by atoms with E-state index in [2.05, 4.69) is 5.32 Å². The van der Waals surface area contributed by atoms with Crippen LogP contribution in [-0.4, -0.2) is 22.9 Å². The number of alkyl halides is 1. The summed E-state index contributed by atoms with van der Waals surface area (Å²) in [6, 6.07) is 1.43. The topological polar surface area (TPSA) is 66.4 Å². The molecule has 0 radical (unpaired) electrons. The van der Waals surface area contributed by atoms with Crippen LogP contribution in [0.3, 0.4) is 0 Å². The molecule has 1 heterocycles. The maximum atomic E-state index is 10.8. The normalized spacial score (nSPS) is 9.62. The van der Waals surface area contributed by atoms with Gasteiger partial charge in [0.2, 0.25) is 5.91 Å². The minimum absolute atomic E-state index is 0.0865. The lowest BCUT2D eigenvalue weighted by Gasteiger charge is -1.99. The number of nitrogens with one attached hydrogen (secondary N) is 1. The summed E-state index contributed by atoms with van der Waals surface area (Å²) in [6.45, 7) is 0. The number of carbonyl (C=O) groups excluding carboxylic acids is 1. The van der Waals surface area contributed by atoms with E-state index in [-0.39, 0.29) is 11.4 Å². The Kier molecular flexibility index (Phi) is 3.27. The van der Waals surface area contributed by atoms with E-state index in [1.165, 1.54) is 6.07 Å². The van der Waals surface area contributed by atoms with Gasteiger partial charge in [-0.25, -0.2) is 4.79 Å². The summed E-state index contributed by atoms with van der Waals surface area (Å²) < 4.78 is 0. The quantitative estimate of drug-likeness (QED) is 0.760. The molecule has 2 N–H and O–H groups in total. The maximum absolute atomic E-state index is 10.8. The maximum Gasteiger partial charge on any atom is 0.338 e. The van der Waals surface area contributed by atoms with Crippen LogP contribution in [0.4, 0.5) is 5.00 Å². The molecule has 1 amide bonds. The molecule has 0 saturated heterocycles. The molecule has 70 valence electrons. The van der Waals surface area contributed by atoms with Crippen molar-refractivity contribution in [2.24, 2.45) is 0 Å². The van der Waals surface area contributed by atoms with Gasteiger partial charge >= 0.3 is 5.97 Å². The molecule has 0 aliphatic carbocycles. The van der Waals surface area contributed by atoms with Crippen molar-refractivity contribution in [2.45, 2.75) is 0 Å². The molecule has 0 aliphatic rings. The number of carboxylic acids is 1. The fraction of sp³-hybridized carbons (Fsp3) is 0.143. The molecule has 1 rings (SSSR count). The lowest BCUT2D eigenvalue weighted by Crippen LogP contribution is -2.13. The smallest absolute Gasteiger partial charge is 0.338 e. The SMILES string of the molecule is O=C(CCl)Nc1sccc1C(=O)O. The molecule has 0 bridgehead atoms. The highest BCUT2D eigenvalue weighted by Crippen LogP contribution is 2.22. The lowest BCUT2D eigenvalue weighted by molar-refractivity contribution is -0.113. The predicted octanol–water partition coefficient (Wildman–Crippen LogP) is 1.62. The summed E-state index contributed by atoms with van der Waals surface area (Å²) >= 11 is 6.40. The Morgan fingerprint density at radius 2 is 2.31 bits per heavy atom. The van der Waals surface area contributed by atoms with Crippen LogP contribution in [0.1, 0.15) is 10.4 Å². The minimum Gasteiger partial charge on any atom is -0.478 e. The molecule has 0 atom stereocenters. The van der Waals surface area contributed by atoms with Crippen molar-refractivity contribution in [3.05, 3.63) is 17.0 Å². The Morgan fingerprint density at radius 1 is 1.62 bits per heavy atom. The lowest BCUT2D eigenvalue weighted by atomic mass is 10.3. The largest absolute Gasteiger partial charge is 0.478 e. The summed E-state index contributed by atoms with van der Waals surface area (Å²) in [5, 5.41) is 13.0. The summed E-state index contributed by atoms with van der Waals surface area (Å²) in [4.78, 5) is 21.4. The molecule has 0 aliphatic heterocycles. The highest BCUT2D eigenvalue weighted by atomic mass is 35.5. The summed E-state index contributed by atoms with van der Waals surface area (Å²) in [5.74, 6) is -1.66. The molecule has 6 heteroatoms. The van der Waals surface area contributed by atoms with Gasteiger partial charge < -0.3 is 10.4 Å². The third kappa shape index (κ3) is 2.43. The first-order valence-corrected chi connectivity index (χ1v) is 4.73. The van der Waals surface area contributed by atoms with Crippen molar-refractivity contribution in [1.29, 1.82) is 0 Å². The van der Waals surface area contributed by atoms with Gasteiger partial charge in [-0.15, -0.1) is 22.9 Å². The third-order valence-electron chi connectivity index (χ3n) is 1.27. The zero-order valence-corrected chi connectivity index (χ0v) is 7.98. The molecule has 1 aromatic heterocycles. The second kappa shape index (κ2) is 4.25. The molecule has 0 spiro atoms. The van der Waals surface area contributed by atoms with Gasteiger partial charge in [-0.1, -0.05) is 0 Å². The molecule has 0 saturated carbocycles. The first-order chi connectivity index (χ1) is 6.15. The number of carbonyl (C=O) groups is 2. The van der Waals surface area contributed by atoms with Gasteiger partial charge in [-0.3, -0.25) is 4.79 Å². The first kappa shape index (κ1) is 10.0. The number of amides is 1. The number of halogens is 1. The number of hydrogen-bond acceptors (Lipinski definition) is 3.